The third kappa shape index (κ3) is 2.78. The lowest BCUT2D eigenvalue weighted by Crippen LogP contribution is -2.42. The molecule has 18 heavy (non-hydrogen) atoms. The average molecular weight is 276 g/mol. The highest BCUT2D eigenvalue weighted by Gasteiger charge is 2.58. The summed E-state index contributed by atoms with van der Waals surface area (Å²) in [5.74, 6) is -7.70. The summed E-state index contributed by atoms with van der Waals surface area (Å²) in [7, 11) is 0. The highest BCUT2D eigenvalue weighted by atomic mass is 19.4. The van der Waals surface area contributed by atoms with E-state index in [0.717, 1.165) is 0 Å². The number of carboxylic acids is 1. The van der Waals surface area contributed by atoms with Crippen molar-refractivity contribution >= 4 is 5.97 Å². The smallest absolute Gasteiger partial charge is 0.456 e. The van der Waals surface area contributed by atoms with E-state index in [0.29, 0.717) is 6.07 Å². The fourth-order valence-electron chi connectivity index (χ4n) is 0.805. The molecule has 0 radical (unpaired) electrons. The monoisotopic (exact) mass is 276 g/mol. The minimum atomic E-state index is -5.82. The zero-order valence-corrected chi connectivity index (χ0v) is 8.28. The second-order valence-corrected chi connectivity index (χ2v) is 3.05. The van der Waals surface area contributed by atoms with Crippen LogP contribution in [0.4, 0.5) is 22.0 Å². The van der Waals surface area contributed by atoms with E-state index in [1.165, 1.54) is 0 Å². The first kappa shape index (κ1) is 14.0. The van der Waals surface area contributed by atoms with Gasteiger partial charge in [0, 0.05) is 6.07 Å². The van der Waals surface area contributed by atoms with Crippen LogP contribution in [-0.2, 0) is 0 Å². The third-order valence-corrected chi connectivity index (χ3v) is 1.69. The summed E-state index contributed by atoms with van der Waals surface area (Å²) in [5.41, 5.74) is -0.775. The lowest BCUT2D eigenvalue weighted by molar-refractivity contribution is -0.290. The molecule has 102 valence electrons. The molecule has 0 fully saturated rings. The summed E-state index contributed by atoms with van der Waals surface area (Å²) in [6, 6.07) is 0.495. The maximum absolute atomic E-state index is 12.4. The average Bonchev–Trinajstić information content (AvgIpc) is 2.55. The molecule has 1 aromatic heterocycles. The van der Waals surface area contributed by atoms with Gasteiger partial charge in [0.2, 0.25) is 0 Å². The molecule has 1 rings (SSSR count). The number of alkyl halides is 5. The summed E-state index contributed by atoms with van der Waals surface area (Å²) < 4.78 is 64.1. The van der Waals surface area contributed by atoms with Gasteiger partial charge in [-0.05, 0) is 0 Å². The molecule has 0 bridgehead atoms. The van der Waals surface area contributed by atoms with Crippen LogP contribution in [0.1, 0.15) is 10.5 Å². The molecule has 11 heteroatoms. The Morgan fingerprint density at radius 1 is 1.39 bits per heavy atom. The van der Waals surface area contributed by atoms with Gasteiger partial charge in [-0.15, -0.1) is 5.10 Å². The van der Waals surface area contributed by atoms with Crippen LogP contribution in [0, 0.1) is 0 Å². The molecule has 0 saturated carbocycles. The number of aromatic nitrogens is 2. The molecule has 0 saturated heterocycles. The van der Waals surface area contributed by atoms with Gasteiger partial charge in [-0.2, -0.15) is 22.0 Å². The lowest BCUT2D eigenvalue weighted by Gasteiger charge is -2.19. The van der Waals surface area contributed by atoms with Crippen LogP contribution in [0.15, 0.2) is 6.07 Å². The van der Waals surface area contributed by atoms with E-state index in [1.807, 2.05) is 0 Å². The number of carboxylic acid groups (broad SMARTS) is 1. The first-order valence-electron chi connectivity index (χ1n) is 4.14. The predicted molar refractivity (Wildman–Crippen MR) is 42.9 cm³/mol. The molecule has 0 amide bonds. The van der Waals surface area contributed by atoms with E-state index < -0.39 is 36.2 Å². The molecule has 0 aliphatic rings. The summed E-state index contributed by atoms with van der Waals surface area (Å²) in [6.07, 6.45) is -5.82. The molecule has 6 nitrogen and oxygen atoms in total. The molecule has 0 atom stereocenters. The lowest BCUT2D eigenvalue weighted by atomic mass is 10.3. The molecule has 1 heterocycles. The van der Waals surface area contributed by atoms with Gasteiger partial charge in [-0.25, -0.2) is 4.79 Å². The van der Waals surface area contributed by atoms with Crippen molar-refractivity contribution in [2.45, 2.75) is 12.1 Å². The van der Waals surface area contributed by atoms with Crippen LogP contribution in [0.5, 0.6) is 5.88 Å². The van der Waals surface area contributed by atoms with Crippen molar-refractivity contribution < 1.29 is 41.8 Å². The number of nitrogens with zero attached hydrogens (tertiary/aromatic N) is 2. The minimum absolute atomic E-state index is 0.254. The van der Waals surface area contributed by atoms with Crippen molar-refractivity contribution in [2.75, 3.05) is 6.61 Å². The van der Waals surface area contributed by atoms with Crippen LogP contribution in [0.3, 0.4) is 0 Å². The van der Waals surface area contributed by atoms with Gasteiger partial charge in [0.1, 0.15) is 0 Å². The van der Waals surface area contributed by atoms with Crippen molar-refractivity contribution in [3.63, 3.8) is 0 Å². The van der Waals surface area contributed by atoms with E-state index in [4.69, 9.17) is 10.3 Å². The van der Waals surface area contributed by atoms with Crippen molar-refractivity contribution in [1.82, 2.24) is 9.94 Å². The van der Waals surface area contributed by atoms with E-state index in [1.54, 1.807) is 0 Å². The maximum Gasteiger partial charge on any atom is 0.456 e. The Morgan fingerprint density at radius 3 is 2.33 bits per heavy atom. The largest absolute Gasteiger partial charge is 0.476 e. The summed E-state index contributed by atoms with van der Waals surface area (Å²) >= 11 is 0. The number of hydrogen-bond acceptors (Lipinski definition) is 4. The second kappa shape index (κ2) is 4.31. The van der Waals surface area contributed by atoms with Crippen LogP contribution in [-0.4, -0.2) is 44.9 Å². The predicted octanol–water partition coefficient (Wildman–Crippen LogP) is 1.39. The van der Waals surface area contributed by atoms with E-state index in [2.05, 4.69) is 9.84 Å². The number of rotatable bonds is 4. The Labute approximate surface area is 95.1 Å². The molecule has 0 aromatic carbocycles. The Morgan fingerprint density at radius 2 is 1.94 bits per heavy atom. The zero-order chi connectivity index (χ0) is 14.1. The minimum Gasteiger partial charge on any atom is -0.476 e. The number of aromatic carboxylic acids is 1. The molecule has 0 aliphatic carbocycles. The van der Waals surface area contributed by atoms with Gasteiger partial charge in [-0.1, -0.05) is 4.85 Å². The van der Waals surface area contributed by atoms with E-state index in [-0.39, 0.29) is 4.85 Å². The van der Waals surface area contributed by atoms with Gasteiger partial charge in [-0.3, -0.25) is 0 Å². The topological polar surface area (TPSA) is 84.6 Å². The molecular weight excluding hydrogens is 271 g/mol. The van der Waals surface area contributed by atoms with Crippen LogP contribution < -0.4 is 4.74 Å². The maximum atomic E-state index is 12.4. The Hall–Kier alpha value is -2.07. The molecule has 0 spiro atoms. The number of halogens is 5. The molecular formula is C7H5F5N2O4. The summed E-state index contributed by atoms with van der Waals surface area (Å²) in [4.78, 5) is 10.1. The second-order valence-electron chi connectivity index (χ2n) is 3.05. The Bertz CT molecular complexity index is 455. The van der Waals surface area contributed by atoms with Gasteiger partial charge < -0.3 is 15.1 Å². The highest BCUT2D eigenvalue weighted by molar-refractivity contribution is 5.85. The van der Waals surface area contributed by atoms with E-state index >= 15 is 0 Å². The summed E-state index contributed by atoms with van der Waals surface area (Å²) in [5, 5.41) is 20.2. The highest BCUT2D eigenvalue weighted by Crippen LogP contribution is 2.35. The van der Waals surface area contributed by atoms with Gasteiger partial charge >= 0.3 is 18.1 Å². The van der Waals surface area contributed by atoms with Crippen LogP contribution >= 0.6 is 0 Å². The number of carbonyl (C=O) groups is 1. The Kier molecular flexibility index (Phi) is 3.35. The number of hydrogen-bond donors (Lipinski definition) is 2. The number of ether oxygens (including phenoxy) is 1. The molecule has 2 N–H and O–H groups in total. The van der Waals surface area contributed by atoms with Crippen molar-refractivity contribution in [3.05, 3.63) is 11.8 Å². The molecule has 0 aliphatic heterocycles. The normalized spacial score (nSPS) is 12.5. The van der Waals surface area contributed by atoms with Gasteiger partial charge in [0.05, 0.1) is 0 Å². The first-order valence-corrected chi connectivity index (χ1v) is 4.14. The Balaban J connectivity index is 2.78. The van der Waals surface area contributed by atoms with Gasteiger partial charge in [0.15, 0.2) is 12.3 Å². The van der Waals surface area contributed by atoms with Gasteiger partial charge in [0.25, 0.3) is 5.88 Å². The third-order valence-electron chi connectivity index (χ3n) is 1.69. The zero-order valence-electron chi connectivity index (χ0n) is 8.28. The standard InChI is InChI=1S/C7H5F5N2O4/c8-6(9,7(10,11)12)2-18-4-1-3(5(15)16)13-14(4)17/h1,17H,2H2,(H,15,16). The summed E-state index contributed by atoms with van der Waals surface area (Å²) in [6.45, 7) is -2.11. The fraction of sp³-hybridized carbons (Fsp3) is 0.429. The van der Waals surface area contributed by atoms with Crippen molar-refractivity contribution in [1.29, 1.82) is 0 Å². The fourth-order valence-corrected chi connectivity index (χ4v) is 0.805. The van der Waals surface area contributed by atoms with Crippen LogP contribution in [0.2, 0.25) is 0 Å². The molecule has 0 unspecified atom stereocenters. The van der Waals surface area contributed by atoms with E-state index in [9.17, 15) is 26.7 Å². The first-order chi connectivity index (χ1) is 8.04. The van der Waals surface area contributed by atoms with Crippen molar-refractivity contribution in [2.24, 2.45) is 0 Å². The van der Waals surface area contributed by atoms with Crippen LogP contribution in [0.25, 0.3) is 0 Å². The SMILES string of the molecule is O=C(O)c1cc(OCC(F)(F)C(F)(F)F)n(O)n1. The quantitative estimate of drug-likeness (QED) is 0.641. The molecule has 1 aromatic rings. The van der Waals surface area contributed by atoms with Crippen molar-refractivity contribution in [3.8, 4) is 5.88 Å².